The molecule has 0 aromatic carbocycles. The lowest BCUT2D eigenvalue weighted by Gasteiger charge is -2.13. The average molecular weight is 288 g/mol. The Hall–Kier alpha value is -2.46. The highest BCUT2D eigenvalue weighted by Crippen LogP contribution is 2.23. The summed E-state index contributed by atoms with van der Waals surface area (Å²) in [5.41, 5.74) is 1.26. The number of hydrogen-bond donors (Lipinski definition) is 2. The van der Waals surface area contributed by atoms with E-state index in [1.54, 1.807) is 12.1 Å². The third-order valence-electron chi connectivity index (χ3n) is 2.62. The summed E-state index contributed by atoms with van der Waals surface area (Å²) < 4.78 is 0. The summed E-state index contributed by atoms with van der Waals surface area (Å²) in [4.78, 5) is 19.1. The van der Waals surface area contributed by atoms with Crippen LogP contribution in [0, 0.1) is 18.3 Å². The van der Waals surface area contributed by atoms with Crippen LogP contribution in [0.4, 0.5) is 5.82 Å². The summed E-state index contributed by atoms with van der Waals surface area (Å²) in [6.07, 6.45) is 0. The van der Waals surface area contributed by atoms with E-state index in [-0.39, 0.29) is 11.7 Å². The van der Waals surface area contributed by atoms with Crippen LogP contribution in [0.1, 0.15) is 39.7 Å². The van der Waals surface area contributed by atoms with Gasteiger partial charge in [0.05, 0.1) is 11.6 Å². The molecule has 0 fully saturated rings. The number of aromatic carboxylic acids is 1. The van der Waals surface area contributed by atoms with Gasteiger partial charge in [-0.1, -0.05) is 0 Å². The van der Waals surface area contributed by atoms with E-state index in [1.807, 2.05) is 13.8 Å². The standard InChI is InChI=1S/C13H12N4O2S/c1-7-3-4-9(5-14)11(15-7)16-8(2)12-17-10(6-20-12)13(18)19/h3-4,6,8H,1-2H3,(H,15,16)(H,18,19). The molecule has 7 heteroatoms. The number of thiazole rings is 1. The maximum absolute atomic E-state index is 10.8. The second kappa shape index (κ2) is 5.67. The van der Waals surface area contributed by atoms with Crippen molar-refractivity contribution in [1.82, 2.24) is 9.97 Å². The second-order valence-electron chi connectivity index (χ2n) is 4.20. The molecule has 2 rings (SSSR count). The predicted molar refractivity (Wildman–Crippen MR) is 74.8 cm³/mol. The molecular weight excluding hydrogens is 276 g/mol. The van der Waals surface area contributed by atoms with Gasteiger partial charge in [0.25, 0.3) is 0 Å². The summed E-state index contributed by atoms with van der Waals surface area (Å²) in [7, 11) is 0. The van der Waals surface area contributed by atoms with Crippen LogP contribution in [0.15, 0.2) is 17.5 Å². The van der Waals surface area contributed by atoms with E-state index in [1.165, 1.54) is 16.7 Å². The molecule has 1 unspecified atom stereocenters. The normalized spacial score (nSPS) is 11.7. The zero-order valence-electron chi connectivity index (χ0n) is 10.9. The smallest absolute Gasteiger partial charge is 0.355 e. The molecule has 1 atom stereocenters. The van der Waals surface area contributed by atoms with Crippen molar-refractivity contribution in [1.29, 1.82) is 5.26 Å². The van der Waals surface area contributed by atoms with Gasteiger partial charge in [-0.25, -0.2) is 14.8 Å². The van der Waals surface area contributed by atoms with Crippen molar-refractivity contribution in [2.45, 2.75) is 19.9 Å². The van der Waals surface area contributed by atoms with Crippen LogP contribution in [0.3, 0.4) is 0 Å². The molecule has 0 spiro atoms. The molecule has 102 valence electrons. The van der Waals surface area contributed by atoms with Crippen molar-refractivity contribution in [2.75, 3.05) is 5.32 Å². The highest BCUT2D eigenvalue weighted by Gasteiger charge is 2.15. The minimum Gasteiger partial charge on any atom is -0.476 e. The fourth-order valence-electron chi connectivity index (χ4n) is 1.61. The molecule has 0 saturated carbocycles. The zero-order valence-corrected chi connectivity index (χ0v) is 11.7. The molecule has 2 N–H and O–H groups in total. The second-order valence-corrected chi connectivity index (χ2v) is 5.09. The minimum absolute atomic E-state index is 0.0244. The van der Waals surface area contributed by atoms with E-state index in [2.05, 4.69) is 21.4 Å². The van der Waals surface area contributed by atoms with Crippen LogP contribution in [-0.2, 0) is 0 Å². The summed E-state index contributed by atoms with van der Waals surface area (Å²) >= 11 is 1.26. The summed E-state index contributed by atoms with van der Waals surface area (Å²) in [6.45, 7) is 3.68. The number of anilines is 1. The quantitative estimate of drug-likeness (QED) is 0.897. The molecule has 0 aliphatic rings. The van der Waals surface area contributed by atoms with E-state index in [0.29, 0.717) is 16.4 Å². The first-order valence-corrected chi connectivity index (χ1v) is 6.72. The Morgan fingerprint density at radius 1 is 1.50 bits per heavy atom. The number of aryl methyl sites for hydroxylation is 1. The first kappa shape index (κ1) is 14.0. The number of nitrogens with zero attached hydrogens (tertiary/aromatic N) is 3. The van der Waals surface area contributed by atoms with Gasteiger partial charge in [0, 0.05) is 11.1 Å². The van der Waals surface area contributed by atoms with Crippen molar-refractivity contribution >= 4 is 23.1 Å². The lowest BCUT2D eigenvalue weighted by molar-refractivity contribution is 0.0691. The molecule has 2 heterocycles. The summed E-state index contributed by atoms with van der Waals surface area (Å²) in [6, 6.07) is 5.30. The van der Waals surface area contributed by atoms with Crippen molar-refractivity contribution < 1.29 is 9.90 Å². The number of pyridine rings is 1. The molecule has 0 aliphatic carbocycles. The zero-order chi connectivity index (χ0) is 14.7. The molecule has 20 heavy (non-hydrogen) atoms. The molecule has 0 radical (unpaired) electrons. The van der Waals surface area contributed by atoms with Gasteiger partial charge in [-0.2, -0.15) is 5.26 Å². The van der Waals surface area contributed by atoms with Gasteiger partial charge in [0.1, 0.15) is 16.9 Å². The maximum Gasteiger partial charge on any atom is 0.355 e. The Labute approximate surface area is 119 Å². The third-order valence-corrected chi connectivity index (χ3v) is 3.65. The number of carboxylic acids is 1. The number of nitriles is 1. The maximum atomic E-state index is 10.8. The molecule has 0 aliphatic heterocycles. The number of carboxylic acid groups (broad SMARTS) is 1. The van der Waals surface area contributed by atoms with Crippen molar-refractivity contribution in [3.63, 3.8) is 0 Å². The first-order valence-electron chi connectivity index (χ1n) is 5.84. The summed E-state index contributed by atoms with van der Waals surface area (Å²) in [5, 5.41) is 23.1. The molecule has 2 aromatic rings. The van der Waals surface area contributed by atoms with E-state index in [9.17, 15) is 4.79 Å². The average Bonchev–Trinajstić information content (AvgIpc) is 2.89. The molecule has 0 amide bonds. The Morgan fingerprint density at radius 3 is 2.85 bits per heavy atom. The Balaban J connectivity index is 2.23. The van der Waals surface area contributed by atoms with Crippen LogP contribution in [0.25, 0.3) is 0 Å². The molecule has 2 aromatic heterocycles. The first-order chi connectivity index (χ1) is 9.51. The van der Waals surface area contributed by atoms with Gasteiger partial charge < -0.3 is 10.4 Å². The molecular formula is C13H12N4O2S. The minimum atomic E-state index is -1.05. The van der Waals surface area contributed by atoms with Crippen LogP contribution < -0.4 is 5.32 Å². The van der Waals surface area contributed by atoms with Crippen molar-refractivity contribution in [3.05, 3.63) is 39.5 Å². The fourth-order valence-corrected chi connectivity index (χ4v) is 2.41. The lowest BCUT2D eigenvalue weighted by Crippen LogP contribution is -2.10. The fraction of sp³-hybridized carbons (Fsp3) is 0.231. The van der Waals surface area contributed by atoms with Gasteiger partial charge in [0.15, 0.2) is 5.69 Å². The van der Waals surface area contributed by atoms with Gasteiger partial charge in [-0.15, -0.1) is 11.3 Å². The van der Waals surface area contributed by atoms with E-state index < -0.39 is 5.97 Å². The lowest BCUT2D eigenvalue weighted by atomic mass is 10.2. The predicted octanol–water partition coefficient (Wildman–Crippen LogP) is 2.59. The van der Waals surface area contributed by atoms with Crippen LogP contribution in [-0.4, -0.2) is 21.0 Å². The van der Waals surface area contributed by atoms with Crippen LogP contribution in [0.2, 0.25) is 0 Å². The van der Waals surface area contributed by atoms with Crippen LogP contribution in [0.5, 0.6) is 0 Å². The van der Waals surface area contributed by atoms with Gasteiger partial charge in [0.2, 0.25) is 0 Å². The molecule has 0 bridgehead atoms. The molecule has 0 saturated heterocycles. The van der Waals surface area contributed by atoms with E-state index in [0.717, 1.165) is 5.69 Å². The van der Waals surface area contributed by atoms with Crippen molar-refractivity contribution in [2.24, 2.45) is 0 Å². The van der Waals surface area contributed by atoms with Crippen LogP contribution >= 0.6 is 11.3 Å². The van der Waals surface area contributed by atoms with E-state index >= 15 is 0 Å². The largest absolute Gasteiger partial charge is 0.476 e. The monoisotopic (exact) mass is 288 g/mol. The Morgan fingerprint density at radius 2 is 2.25 bits per heavy atom. The highest BCUT2D eigenvalue weighted by atomic mass is 32.1. The van der Waals surface area contributed by atoms with Gasteiger partial charge >= 0.3 is 5.97 Å². The number of hydrogen-bond acceptors (Lipinski definition) is 6. The third kappa shape index (κ3) is 2.92. The van der Waals surface area contributed by atoms with Crippen molar-refractivity contribution in [3.8, 4) is 6.07 Å². The summed E-state index contributed by atoms with van der Waals surface area (Å²) in [5.74, 6) is -0.571. The van der Waals surface area contributed by atoms with Gasteiger partial charge in [-0.05, 0) is 26.0 Å². The molecule has 6 nitrogen and oxygen atoms in total. The number of carbonyl (C=O) groups is 1. The number of aromatic nitrogens is 2. The van der Waals surface area contributed by atoms with Gasteiger partial charge in [-0.3, -0.25) is 0 Å². The Kier molecular flexibility index (Phi) is 3.96. The highest BCUT2D eigenvalue weighted by molar-refractivity contribution is 7.09. The SMILES string of the molecule is Cc1ccc(C#N)c(NC(C)c2nc(C(=O)O)cs2)n1. The van der Waals surface area contributed by atoms with E-state index in [4.69, 9.17) is 10.4 Å². The number of rotatable bonds is 4. The number of nitrogens with one attached hydrogen (secondary N) is 1. The Bertz CT molecular complexity index is 690. The topological polar surface area (TPSA) is 98.9 Å².